The number of hydrogen-bond acceptors (Lipinski definition) is 4. The van der Waals surface area contributed by atoms with Crippen LogP contribution >= 0.6 is 11.3 Å². The monoisotopic (exact) mass is 529 g/mol. The van der Waals surface area contributed by atoms with Gasteiger partial charge in [0.2, 0.25) is 5.91 Å². The number of carbonyl (C=O) groups is 2. The summed E-state index contributed by atoms with van der Waals surface area (Å²) >= 11 is 1.70. The summed E-state index contributed by atoms with van der Waals surface area (Å²) in [6.45, 7) is 5.88. The summed E-state index contributed by atoms with van der Waals surface area (Å²) in [4.78, 5) is 30.6. The van der Waals surface area contributed by atoms with Crippen molar-refractivity contribution in [1.29, 1.82) is 0 Å². The highest BCUT2D eigenvalue weighted by atomic mass is 32.1. The number of hydrogen-bond donors (Lipinski definition) is 0. The van der Waals surface area contributed by atoms with Crippen LogP contribution in [-0.2, 0) is 0 Å². The van der Waals surface area contributed by atoms with E-state index < -0.39 is 0 Å². The van der Waals surface area contributed by atoms with E-state index in [1.807, 2.05) is 41.3 Å². The predicted molar refractivity (Wildman–Crippen MR) is 150 cm³/mol. The Balaban J connectivity index is 1.19. The van der Waals surface area contributed by atoms with Crippen LogP contribution in [0.5, 0.6) is 0 Å². The van der Waals surface area contributed by atoms with Crippen molar-refractivity contribution in [3.63, 3.8) is 0 Å². The molecule has 2 fully saturated rings. The van der Waals surface area contributed by atoms with Crippen molar-refractivity contribution in [1.82, 2.24) is 14.4 Å². The Labute approximate surface area is 226 Å². The highest BCUT2D eigenvalue weighted by Crippen LogP contribution is 2.37. The van der Waals surface area contributed by atoms with E-state index in [4.69, 9.17) is 0 Å². The van der Waals surface area contributed by atoms with E-state index in [9.17, 15) is 14.0 Å². The number of carbonyl (C=O) groups excluding carboxylic acids is 2. The van der Waals surface area contributed by atoms with Gasteiger partial charge in [-0.15, -0.1) is 0 Å². The van der Waals surface area contributed by atoms with Crippen LogP contribution in [-0.4, -0.2) is 58.9 Å². The molecule has 7 heteroatoms. The fourth-order valence-corrected chi connectivity index (χ4v) is 7.13. The summed E-state index contributed by atoms with van der Waals surface area (Å²) < 4.78 is 14.9. The van der Waals surface area contributed by atoms with Crippen molar-refractivity contribution < 1.29 is 14.0 Å². The first-order valence-corrected chi connectivity index (χ1v) is 14.3. The predicted octanol–water partition coefficient (Wildman–Crippen LogP) is 6.24. The van der Waals surface area contributed by atoms with Gasteiger partial charge < -0.3 is 9.80 Å². The Morgan fingerprint density at radius 1 is 0.974 bits per heavy atom. The van der Waals surface area contributed by atoms with Crippen LogP contribution in [0.15, 0.2) is 71.6 Å². The van der Waals surface area contributed by atoms with Crippen molar-refractivity contribution in [3.05, 3.63) is 94.1 Å². The fourth-order valence-electron chi connectivity index (χ4n) is 6.40. The molecule has 0 N–H and O–H groups in total. The Morgan fingerprint density at radius 2 is 1.76 bits per heavy atom. The van der Waals surface area contributed by atoms with Crippen molar-refractivity contribution in [2.45, 2.75) is 31.6 Å². The average Bonchev–Trinajstić information content (AvgIpc) is 3.69. The molecule has 38 heavy (non-hydrogen) atoms. The minimum Gasteiger partial charge on any atom is -0.338 e. The van der Waals surface area contributed by atoms with Gasteiger partial charge in [0.1, 0.15) is 5.82 Å². The Bertz CT molecular complexity index is 1440. The molecule has 0 radical (unpaired) electrons. The number of likely N-dealkylation sites (tertiary alicyclic amines) is 2. The lowest BCUT2D eigenvalue weighted by molar-refractivity contribution is 0.0783. The average molecular weight is 530 g/mol. The largest absolute Gasteiger partial charge is 0.338 e. The van der Waals surface area contributed by atoms with Gasteiger partial charge in [-0.3, -0.25) is 14.2 Å². The maximum Gasteiger partial charge on any atom is 0.256 e. The number of piperidine rings is 1. The highest BCUT2D eigenvalue weighted by Gasteiger charge is 2.38. The SMILES string of the molecule is CC(=O)n1ccc2cccc(C(=O)N3CC(CN4CCC(c5ccc(F)cc5)CC4)[C@H](c4ccsc4)C3)c21. The molecule has 0 spiro atoms. The first-order valence-electron chi connectivity index (χ1n) is 13.4. The summed E-state index contributed by atoms with van der Waals surface area (Å²) in [7, 11) is 0. The normalized spacial score (nSPS) is 20.8. The van der Waals surface area contributed by atoms with Crippen LogP contribution in [0.25, 0.3) is 10.9 Å². The van der Waals surface area contributed by atoms with E-state index in [0.717, 1.165) is 37.9 Å². The minimum absolute atomic E-state index is 0.00505. The number of benzene rings is 2. The number of amides is 1. The molecule has 0 aliphatic carbocycles. The van der Waals surface area contributed by atoms with Gasteiger partial charge in [-0.25, -0.2) is 4.39 Å². The zero-order valence-electron chi connectivity index (χ0n) is 21.6. The lowest BCUT2D eigenvalue weighted by atomic mass is 9.87. The summed E-state index contributed by atoms with van der Waals surface area (Å²) in [5.74, 6) is 0.818. The number of rotatable bonds is 5. The second kappa shape index (κ2) is 10.5. The second-order valence-corrected chi connectivity index (χ2v) is 11.5. The van der Waals surface area contributed by atoms with Crippen LogP contribution in [0, 0.1) is 11.7 Å². The molecular weight excluding hydrogens is 497 g/mol. The lowest BCUT2D eigenvalue weighted by Gasteiger charge is -2.34. The Morgan fingerprint density at radius 3 is 2.47 bits per heavy atom. The number of para-hydroxylation sites is 1. The smallest absolute Gasteiger partial charge is 0.256 e. The Hall–Kier alpha value is -3.29. The van der Waals surface area contributed by atoms with E-state index in [-0.39, 0.29) is 17.6 Å². The topological polar surface area (TPSA) is 45.6 Å². The molecule has 5 nitrogen and oxygen atoms in total. The molecule has 4 heterocycles. The molecule has 1 unspecified atom stereocenters. The van der Waals surface area contributed by atoms with Crippen molar-refractivity contribution >= 4 is 34.1 Å². The molecule has 4 aromatic rings. The zero-order valence-corrected chi connectivity index (χ0v) is 22.4. The molecule has 2 atom stereocenters. The van der Waals surface area contributed by atoms with Gasteiger partial charge in [0.25, 0.3) is 5.91 Å². The van der Waals surface area contributed by atoms with Gasteiger partial charge in [-0.1, -0.05) is 24.3 Å². The third-order valence-electron chi connectivity index (χ3n) is 8.40. The van der Waals surface area contributed by atoms with Gasteiger partial charge in [-0.05, 0) is 90.0 Å². The van der Waals surface area contributed by atoms with Gasteiger partial charge in [0.15, 0.2) is 0 Å². The van der Waals surface area contributed by atoms with Gasteiger partial charge in [-0.2, -0.15) is 11.3 Å². The second-order valence-electron chi connectivity index (χ2n) is 10.7. The molecule has 0 bridgehead atoms. The van der Waals surface area contributed by atoms with Crippen molar-refractivity contribution in [3.8, 4) is 0 Å². The van der Waals surface area contributed by atoms with Crippen LogP contribution in [0.4, 0.5) is 4.39 Å². The van der Waals surface area contributed by atoms with E-state index in [2.05, 4.69) is 21.7 Å². The molecule has 2 aliphatic heterocycles. The summed E-state index contributed by atoms with van der Waals surface area (Å²) in [6, 6.07) is 16.7. The van der Waals surface area contributed by atoms with Gasteiger partial charge in [0, 0.05) is 44.1 Å². The maximum absolute atomic E-state index is 13.9. The molecule has 2 aromatic carbocycles. The lowest BCUT2D eigenvalue weighted by Crippen LogP contribution is -2.38. The standard InChI is InChI=1S/C31H32FN3O2S/c1-21(36)35-15-11-24-3-2-4-28(30(24)35)31(37)34-18-26(29(19-34)25-12-16-38-20-25)17-33-13-9-23(10-14-33)22-5-7-27(32)8-6-22/h2-8,11-12,15-16,20,23,26,29H,9-10,13-14,17-19H2,1H3/t26?,29-/m0/s1. The van der Waals surface area contributed by atoms with E-state index in [1.165, 1.54) is 18.1 Å². The van der Waals surface area contributed by atoms with Crippen LogP contribution in [0.1, 0.15) is 57.9 Å². The summed E-state index contributed by atoms with van der Waals surface area (Å²) in [5.41, 5.74) is 3.82. The van der Waals surface area contributed by atoms with Crippen molar-refractivity contribution in [2.24, 2.45) is 5.92 Å². The highest BCUT2D eigenvalue weighted by molar-refractivity contribution is 7.08. The van der Waals surface area contributed by atoms with E-state index in [1.54, 1.807) is 34.2 Å². The molecule has 0 saturated carbocycles. The van der Waals surface area contributed by atoms with Crippen molar-refractivity contribution in [2.75, 3.05) is 32.7 Å². The maximum atomic E-state index is 13.9. The third kappa shape index (κ3) is 4.81. The van der Waals surface area contributed by atoms with Crippen LogP contribution in [0.2, 0.25) is 0 Å². The number of halogens is 1. The molecule has 2 aliphatic rings. The molecule has 196 valence electrons. The van der Waals surface area contributed by atoms with Crippen LogP contribution < -0.4 is 0 Å². The van der Waals surface area contributed by atoms with Crippen LogP contribution in [0.3, 0.4) is 0 Å². The number of nitrogens with zero attached hydrogens (tertiary/aromatic N) is 3. The molecule has 6 rings (SSSR count). The third-order valence-corrected chi connectivity index (χ3v) is 9.10. The molecule has 2 saturated heterocycles. The molecule has 2 aromatic heterocycles. The van der Waals surface area contributed by atoms with Gasteiger partial charge >= 0.3 is 0 Å². The number of aromatic nitrogens is 1. The van der Waals surface area contributed by atoms with Gasteiger partial charge in [0.05, 0.1) is 11.1 Å². The number of thiophene rings is 1. The first kappa shape index (κ1) is 25.0. The molecular formula is C31H32FN3O2S. The summed E-state index contributed by atoms with van der Waals surface area (Å²) in [6.07, 6.45) is 3.88. The Kier molecular flexibility index (Phi) is 6.89. The number of fused-ring (bicyclic) bond motifs is 1. The summed E-state index contributed by atoms with van der Waals surface area (Å²) in [5, 5.41) is 5.24. The van der Waals surface area contributed by atoms with E-state index >= 15 is 0 Å². The first-order chi connectivity index (χ1) is 18.5. The fraction of sp³-hybridized carbons (Fsp3) is 0.355. The zero-order chi connectivity index (χ0) is 26.2. The van der Waals surface area contributed by atoms with E-state index in [0.29, 0.717) is 41.9 Å². The quantitative estimate of drug-likeness (QED) is 0.308. The molecule has 1 amide bonds. The minimum atomic E-state index is -0.184.